The van der Waals surface area contributed by atoms with Crippen LogP contribution >= 0.6 is 11.8 Å². The number of nitrogens with two attached hydrogens (primary N) is 1. The minimum Gasteiger partial charge on any atom is -0.382 e. The van der Waals surface area contributed by atoms with Crippen molar-refractivity contribution >= 4 is 29.1 Å². The van der Waals surface area contributed by atoms with E-state index in [-0.39, 0.29) is 0 Å². The molecule has 0 unspecified atom stereocenters. The van der Waals surface area contributed by atoms with Crippen molar-refractivity contribution in [3.8, 4) is 0 Å². The van der Waals surface area contributed by atoms with Crippen molar-refractivity contribution < 1.29 is 0 Å². The Labute approximate surface area is 98.3 Å². The number of benzene rings is 1. The van der Waals surface area contributed by atoms with Crippen LogP contribution in [-0.2, 0) is 0 Å². The molecule has 1 aromatic heterocycles. The summed E-state index contributed by atoms with van der Waals surface area (Å²) >= 11 is 1.70. The first-order valence-electron chi connectivity index (χ1n) is 4.76. The van der Waals surface area contributed by atoms with E-state index in [1.807, 2.05) is 18.4 Å². The third-order valence-electron chi connectivity index (χ3n) is 2.00. The van der Waals surface area contributed by atoms with Crippen molar-refractivity contribution in [1.82, 2.24) is 9.97 Å². The molecule has 1 heterocycles. The summed E-state index contributed by atoms with van der Waals surface area (Å²) < 4.78 is 0. The standard InChI is InChI=1S/C11H12N4S/c1-16-9-4-2-3-8(5-9)14-11-7-13-6-10(12)15-11/h2-7H,1H3,(H3,12,14,15). The largest absolute Gasteiger partial charge is 0.382 e. The van der Waals surface area contributed by atoms with Crippen LogP contribution in [0.3, 0.4) is 0 Å². The SMILES string of the molecule is CSc1cccc(Nc2cncc(N)n2)c1. The van der Waals surface area contributed by atoms with Crippen LogP contribution in [0.15, 0.2) is 41.6 Å². The zero-order chi connectivity index (χ0) is 11.4. The number of thioether (sulfide) groups is 1. The van der Waals surface area contributed by atoms with E-state index in [9.17, 15) is 0 Å². The van der Waals surface area contributed by atoms with Crippen LogP contribution in [0.2, 0.25) is 0 Å². The molecule has 5 heteroatoms. The van der Waals surface area contributed by atoms with Crippen LogP contribution in [-0.4, -0.2) is 16.2 Å². The highest BCUT2D eigenvalue weighted by Gasteiger charge is 1.98. The van der Waals surface area contributed by atoms with Crippen LogP contribution in [0.5, 0.6) is 0 Å². The maximum atomic E-state index is 5.55. The van der Waals surface area contributed by atoms with Gasteiger partial charge in [0.25, 0.3) is 0 Å². The minimum atomic E-state index is 0.408. The first-order chi connectivity index (χ1) is 7.78. The monoisotopic (exact) mass is 232 g/mol. The molecular formula is C11H12N4S. The van der Waals surface area contributed by atoms with Gasteiger partial charge in [0.05, 0.1) is 12.4 Å². The van der Waals surface area contributed by atoms with Gasteiger partial charge in [0, 0.05) is 10.6 Å². The molecule has 0 bridgehead atoms. The van der Waals surface area contributed by atoms with E-state index in [1.165, 1.54) is 11.1 Å². The number of aromatic nitrogens is 2. The predicted octanol–water partition coefficient (Wildman–Crippen LogP) is 2.52. The fourth-order valence-corrected chi connectivity index (χ4v) is 1.75. The molecule has 0 radical (unpaired) electrons. The number of nitrogens with one attached hydrogen (secondary N) is 1. The van der Waals surface area contributed by atoms with Gasteiger partial charge in [-0.1, -0.05) is 6.07 Å². The fourth-order valence-electron chi connectivity index (χ4n) is 1.29. The van der Waals surface area contributed by atoms with Crippen molar-refractivity contribution in [1.29, 1.82) is 0 Å². The van der Waals surface area contributed by atoms with Gasteiger partial charge in [-0.3, -0.25) is 4.98 Å². The summed E-state index contributed by atoms with van der Waals surface area (Å²) in [4.78, 5) is 9.29. The molecule has 16 heavy (non-hydrogen) atoms. The summed E-state index contributed by atoms with van der Waals surface area (Å²) in [7, 11) is 0. The molecule has 2 aromatic rings. The van der Waals surface area contributed by atoms with E-state index in [4.69, 9.17) is 5.73 Å². The zero-order valence-electron chi connectivity index (χ0n) is 8.84. The molecule has 0 atom stereocenters. The van der Waals surface area contributed by atoms with E-state index in [0.717, 1.165) is 5.69 Å². The Morgan fingerprint density at radius 1 is 1.31 bits per heavy atom. The van der Waals surface area contributed by atoms with Gasteiger partial charge in [-0.2, -0.15) is 0 Å². The molecule has 0 aliphatic rings. The smallest absolute Gasteiger partial charge is 0.151 e. The summed E-state index contributed by atoms with van der Waals surface area (Å²) in [6.07, 6.45) is 5.20. The molecular weight excluding hydrogens is 220 g/mol. The van der Waals surface area contributed by atoms with E-state index in [0.29, 0.717) is 11.6 Å². The van der Waals surface area contributed by atoms with Gasteiger partial charge in [-0.25, -0.2) is 4.98 Å². The lowest BCUT2D eigenvalue weighted by Gasteiger charge is -2.06. The molecule has 3 N–H and O–H groups in total. The van der Waals surface area contributed by atoms with Crippen LogP contribution in [0.4, 0.5) is 17.3 Å². The summed E-state index contributed by atoms with van der Waals surface area (Å²) in [6, 6.07) is 8.08. The van der Waals surface area contributed by atoms with Gasteiger partial charge in [-0.05, 0) is 24.5 Å². The molecule has 0 fully saturated rings. The number of nitrogens with zero attached hydrogens (tertiary/aromatic N) is 2. The highest BCUT2D eigenvalue weighted by molar-refractivity contribution is 7.98. The predicted molar refractivity (Wildman–Crippen MR) is 68.0 cm³/mol. The zero-order valence-corrected chi connectivity index (χ0v) is 9.66. The Morgan fingerprint density at radius 3 is 2.94 bits per heavy atom. The van der Waals surface area contributed by atoms with E-state index < -0.39 is 0 Å². The van der Waals surface area contributed by atoms with Crippen LogP contribution in [0.25, 0.3) is 0 Å². The molecule has 82 valence electrons. The van der Waals surface area contributed by atoms with Crippen LogP contribution in [0.1, 0.15) is 0 Å². The molecule has 0 spiro atoms. The fraction of sp³-hybridized carbons (Fsp3) is 0.0909. The molecule has 0 aliphatic heterocycles. The maximum absolute atomic E-state index is 5.55. The highest BCUT2D eigenvalue weighted by atomic mass is 32.2. The lowest BCUT2D eigenvalue weighted by molar-refractivity contribution is 1.21. The molecule has 4 nitrogen and oxygen atoms in total. The molecule has 0 amide bonds. The number of rotatable bonds is 3. The quantitative estimate of drug-likeness (QED) is 0.796. The second kappa shape index (κ2) is 4.85. The first kappa shape index (κ1) is 10.8. The Balaban J connectivity index is 2.20. The van der Waals surface area contributed by atoms with Gasteiger partial charge >= 0.3 is 0 Å². The van der Waals surface area contributed by atoms with Gasteiger partial charge in [0.1, 0.15) is 5.82 Å². The van der Waals surface area contributed by atoms with Gasteiger partial charge in [0.2, 0.25) is 0 Å². The second-order valence-electron chi connectivity index (χ2n) is 3.19. The third kappa shape index (κ3) is 2.64. The minimum absolute atomic E-state index is 0.408. The normalized spacial score (nSPS) is 10.1. The summed E-state index contributed by atoms with van der Waals surface area (Å²) in [6.45, 7) is 0. The topological polar surface area (TPSA) is 63.8 Å². The molecule has 0 aliphatic carbocycles. The number of anilines is 3. The lowest BCUT2D eigenvalue weighted by atomic mass is 10.3. The second-order valence-corrected chi connectivity index (χ2v) is 4.07. The summed E-state index contributed by atoms with van der Waals surface area (Å²) in [5, 5.41) is 3.15. The summed E-state index contributed by atoms with van der Waals surface area (Å²) in [5.41, 5.74) is 6.53. The van der Waals surface area contributed by atoms with Gasteiger partial charge in [0.15, 0.2) is 5.82 Å². The number of nitrogen functional groups attached to an aromatic ring is 1. The van der Waals surface area contributed by atoms with Crippen LogP contribution in [0, 0.1) is 0 Å². The average Bonchev–Trinajstić information content (AvgIpc) is 2.29. The Hall–Kier alpha value is -1.75. The number of hydrogen-bond acceptors (Lipinski definition) is 5. The number of hydrogen-bond donors (Lipinski definition) is 2. The Morgan fingerprint density at radius 2 is 2.19 bits per heavy atom. The van der Waals surface area contributed by atoms with Crippen molar-refractivity contribution in [2.45, 2.75) is 4.90 Å². The van der Waals surface area contributed by atoms with Crippen LogP contribution < -0.4 is 11.1 Å². The van der Waals surface area contributed by atoms with E-state index in [2.05, 4.69) is 27.4 Å². The van der Waals surface area contributed by atoms with Crippen molar-refractivity contribution in [3.63, 3.8) is 0 Å². The molecule has 1 aromatic carbocycles. The summed E-state index contributed by atoms with van der Waals surface area (Å²) in [5.74, 6) is 1.06. The molecule has 0 saturated heterocycles. The molecule has 2 rings (SSSR count). The molecule has 0 saturated carbocycles. The first-order valence-corrected chi connectivity index (χ1v) is 5.99. The lowest BCUT2D eigenvalue weighted by Crippen LogP contribution is -1.98. The third-order valence-corrected chi connectivity index (χ3v) is 2.72. The Bertz CT molecular complexity index is 487. The van der Waals surface area contributed by atoms with Crippen molar-refractivity contribution in [2.24, 2.45) is 0 Å². The van der Waals surface area contributed by atoms with Gasteiger partial charge in [-0.15, -0.1) is 11.8 Å². The van der Waals surface area contributed by atoms with E-state index >= 15 is 0 Å². The van der Waals surface area contributed by atoms with Crippen molar-refractivity contribution in [2.75, 3.05) is 17.3 Å². The van der Waals surface area contributed by atoms with Crippen molar-refractivity contribution in [3.05, 3.63) is 36.7 Å². The van der Waals surface area contributed by atoms with E-state index in [1.54, 1.807) is 18.0 Å². The van der Waals surface area contributed by atoms with Gasteiger partial charge < -0.3 is 11.1 Å². The highest BCUT2D eigenvalue weighted by Crippen LogP contribution is 2.21. The average molecular weight is 232 g/mol. The maximum Gasteiger partial charge on any atom is 0.151 e. The Kier molecular flexibility index (Phi) is 3.26.